The number of phenolic OH excluding ortho intramolecular Hbond substituents is 1. The van der Waals surface area contributed by atoms with E-state index >= 15 is 0 Å². The molecule has 0 unspecified atom stereocenters. The van der Waals surface area contributed by atoms with Crippen molar-refractivity contribution in [2.75, 3.05) is 45.4 Å². The average Bonchev–Trinajstić information content (AvgIpc) is 3.23. The van der Waals surface area contributed by atoms with E-state index in [0.717, 1.165) is 0 Å². The number of benzene rings is 3. The maximum atomic E-state index is 13.8. The summed E-state index contributed by atoms with van der Waals surface area (Å²) < 4.78 is 28.4. The van der Waals surface area contributed by atoms with Crippen LogP contribution in [0.25, 0.3) is 0 Å². The number of carbonyl (C=O) groups is 7. The van der Waals surface area contributed by atoms with Crippen LogP contribution in [0.2, 0.25) is 0 Å². The molecule has 1 aliphatic heterocycles. The van der Waals surface area contributed by atoms with Crippen molar-refractivity contribution in [3.8, 4) is 17.2 Å². The molecule has 3 aliphatic rings. The van der Waals surface area contributed by atoms with Gasteiger partial charge in [0.2, 0.25) is 17.7 Å². The molecule has 0 saturated carbocycles. The van der Waals surface area contributed by atoms with Crippen LogP contribution in [0.4, 0.5) is 5.69 Å². The van der Waals surface area contributed by atoms with Crippen molar-refractivity contribution < 1.29 is 88.5 Å². The number of nitrogens with two attached hydrogens (primary N) is 1. The second-order valence-electron chi connectivity index (χ2n) is 16.2. The molecule has 1 heterocycles. The van der Waals surface area contributed by atoms with Gasteiger partial charge in [0, 0.05) is 81.1 Å². The molecule has 0 spiro atoms. The van der Waals surface area contributed by atoms with Crippen molar-refractivity contribution in [2.24, 2.45) is 11.7 Å². The van der Waals surface area contributed by atoms with Gasteiger partial charge < -0.3 is 63.0 Å². The zero-order valence-electron chi connectivity index (χ0n) is 37.6. The number of aromatic hydroxyl groups is 2. The number of ether oxygens (including phenoxy) is 5. The molecule has 4 amide bonds. The molecular formula is C47H57N4O14W-. The van der Waals surface area contributed by atoms with Crippen LogP contribution in [-0.2, 0) is 65.6 Å². The summed E-state index contributed by atoms with van der Waals surface area (Å²) >= 11 is 0. The summed E-state index contributed by atoms with van der Waals surface area (Å²) in [6.45, 7) is 5.33. The van der Waals surface area contributed by atoms with Crippen molar-refractivity contribution in [1.82, 2.24) is 10.6 Å². The number of aryl methyl sites for hydroxylation is 1. The first-order valence-corrected chi connectivity index (χ1v) is 21.2. The first kappa shape index (κ1) is 53.1. The Hall–Kier alpha value is -5.52. The summed E-state index contributed by atoms with van der Waals surface area (Å²) in [5.41, 5.74) is 7.09. The number of carbonyl (C=O) groups excluding carboxylic acids is 7. The minimum atomic E-state index is -0.926. The van der Waals surface area contributed by atoms with Gasteiger partial charge in [-0.2, -0.15) is 0 Å². The van der Waals surface area contributed by atoms with Gasteiger partial charge >= 0.3 is 0 Å². The van der Waals surface area contributed by atoms with E-state index in [9.17, 15) is 43.8 Å². The third kappa shape index (κ3) is 12.5. The Balaban J connectivity index is 0.00000476. The van der Waals surface area contributed by atoms with Gasteiger partial charge in [0.05, 0.1) is 50.4 Å². The fraction of sp³-hybridized carbons (Fsp3) is 0.447. The topological polar surface area (TPSA) is 268 Å². The molecule has 2 aliphatic carbocycles. The number of amides is 4. The van der Waals surface area contributed by atoms with Crippen LogP contribution in [0.5, 0.6) is 17.2 Å². The van der Waals surface area contributed by atoms with Crippen LogP contribution in [0.15, 0.2) is 36.4 Å². The van der Waals surface area contributed by atoms with E-state index in [0.29, 0.717) is 41.5 Å². The number of rotatable bonds is 19. The third-order valence-electron chi connectivity index (χ3n) is 11.5. The van der Waals surface area contributed by atoms with Gasteiger partial charge in [-0.15, -0.1) is 0 Å². The van der Waals surface area contributed by atoms with Crippen molar-refractivity contribution in [1.29, 1.82) is 0 Å². The largest absolute Gasteiger partial charge is 0.507 e. The maximum Gasteiger partial charge on any atom is 0.256 e. The van der Waals surface area contributed by atoms with Crippen molar-refractivity contribution in [2.45, 2.75) is 90.3 Å². The quantitative estimate of drug-likeness (QED) is 0.0442. The molecule has 0 bridgehead atoms. The number of Topliss-reactive ketones (excluding diaryl/α,β-unsaturated/α-hetero) is 1. The minimum Gasteiger partial charge on any atom is -0.507 e. The number of methoxy groups -OCH3 is 1. The monoisotopic (exact) mass is 1090 g/mol. The number of primary amides is 1. The van der Waals surface area contributed by atoms with E-state index in [-0.39, 0.29) is 162 Å². The Morgan fingerprint density at radius 3 is 2.30 bits per heavy atom. The van der Waals surface area contributed by atoms with Gasteiger partial charge in [-0.3, -0.25) is 33.6 Å². The maximum absolute atomic E-state index is 13.8. The summed E-state index contributed by atoms with van der Waals surface area (Å²) in [7, 11) is 1.31. The summed E-state index contributed by atoms with van der Waals surface area (Å²) in [5.74, 6) is -4.24. The molecule has 3 aromatic rings. The van der Waals surface area contributed by atoms with Gasteiger partial charge in [-0.25, -0.2) is 0 Å². The Morgan fingerprint density at radius 1 is 0.879 bits per heavy atom. The minimum absolute atomic E-state index is 0. The van der Waals surface area contributed by atoms with Crippen molar-refractivity contribution in [3.05, 3.63) is 88.3 Å². The van der Waals surface area contributed by atoms with E-state index in [1.165, 1.54) is 26.2 Å². The molecule has 1 fully saturated rings. The molecule has 6 rings (SSSR count). The Morgan fingerprint density at radius 2 is 1.59 bits per heavy atom. The van der Waals surface area contributed by atoms with Crippen LogP contribution in [0, 0.1) is 20.3 Å². The van der Waals surface area contributed by atoms with Crippen LogP contribution < -0.4 is 26.4 Å². The number of nitrogens with one attached hydrogen (secondary N) is 3. The van der Waals surface area contributed by atoms with Crippen LogP contribution in [-0.4, -0.2) is 110 Å². The molecular weight excluding hydrogens is 1030 g/mol. The number of anilines is 1. The van der Waals surface area contributed by atoms with E-state index in [4.69, 9.17) is 29.4 Å². The molecule has 0 radical (unpaired) electrons. The van der Waals surface area contributed by atoms with E-state index in [1.54, 1.807) is 31.2 Å². The van der Waals surface area contributed by atoms with Crippen LogP contribution in [0.3, 0.4) is 0 Å². The number of ketones is 3. The molecule has 7 N–H and O–H groups in total. The van der Waals surface area contributed by atoms with Crippen LogP contribution >= 0.6 is 0 Å². The Labute approximate surface area is 397 Å². The van der Waals surface area contributed by atoms with Gasteiger partial charge in [-0.05, 0) is 75.8 Å². The van der Waals surface area contributed by atoms with Gasteiger partial charge in [0.15, 0.2) is 23.6 Å². The fourth-order valence-corrected chi connectivity index (χ4v) is 8.42. The number of fused-ring (bicyclic) bond motifs is 3. The second-order valence-corrected chi connectivity index (χ2v) is 16.2. The SMILES string of the molecule is COc1ccc(NC(=O)COCCOCCNC(=O)CCCC(=O)N[C@H]2C[C@@H](O[C@@H]3C[C@H](C(C)=O)Cc4c3cc3c(c4O)C(=O)c4cccc(C)c4C3=O)O[C@@H](C)C2)c(O)c1C(N)=O.[CH3-].[W]. The first-order valence-electron chi connectivity index (χ1n) is 21.2. The summed E-state index contributed by atoms with van der Waals surface area (Å²) in [6.07, 6.45) is -0.0681. The van der Waals surface area contributed by atoms with Crippen molar-refractivity contribution in [3.63, 3.8) is 0 Å². The summed E-state index contributed by atoms with van der Waals surface area (Å²) in [4.78, 5) is 89.4. The Bertz CT molecular complexity index is 2340. The standard InChI is InChI=1S/C46H54N4O14.CH3.W/c1-23-7-5-8-28-39(23)44(57)31-21-29-30(43(56)40(31)42(28)55)18-26(25(3)51)19-34(29)64-38-20-27(17-24(2)63-38)49-36(53)10-6-9-35(52)48-13-14-61-15-16-62-22-37(54)50-32-11-12-33(60-4)41(45(32)58)46(47)59;;/h5,7-8,11-12,21,24,26-27,34,38,56,58H,6,9-10,13-20,22H2,1-4H3,(H2,47,59)(H,48,52)(H,49,53)(H,50,54);1H3;/q;-1;/t24-,26+,27+,34+,38+;;/m0../s1. The molecule has 19 heteroatoms. The van der Waals surface area contributed by atoms with Gasteiger partial charge in [0.1, 0.15) is 29.5 Å². The normalized spacial score (nSPS) is 19.4. The molecule has 1 saturated heterocycles. The molecule has 66 heavy (non-hydrogen) atoms. The first-order chi connectivity index (χ1) is 30.6. The molecule has 3 aromatic carbocycles. The zero-order chi connectivity index (χ0) is 46.2. The predicted octanol–water partition coefficient (Wildman–Crippen LogP) is 3.91. The number of hydrogen-bond acceptors (Lipinski definition) is 14. The van der Waals surface area contributed by atoms with Gasteiger partial charge in [-0.1, -0.05) is 18.2 Å². The molecule has 18 nitrogen and oxygen atoms in total. The Kier molecular flexibility index (Phi) is 19.1. The second kappa shape index (κ2) is 23.8. The fourth-order valence-electron chi connectivity index (χ4n) is 8.42. The average molecular weight is 1090 g/mol. The molecule has 5 atom stereocenters. The van der Waals surface area contributed by atoms with Crippen molar-refractivity contribution >= 4 is 46.7 Å². The summed E-state index contributed by atoms with van der Waals surface area (Å²) in [5, 5.41) is 30.0. The van der Waals surface area contributed by atoms with Crippen LogP contribution in [0.1, 0.15) is 117 Å². The van der Waals surface area contributed by atoms with E-state index in [2.05, 4.69) is 16.0 Å². The predicted molar refractivity (Wildman–Crippen MR) is 235 cm³/mol. The number of hydrogen-bond donors (Lipinski definition) is 6. The smallest absolute Gasteiger partial charge is 0.256 e. The van der Waals surface area contributed by atoms with E-state index < -0.39 is 41.7 Å². The number of phenols is 2. The van der Waals surface area contributed by atoms with E-state index in [1.807, 2.05) is 6.92 Å². The third-order valence-corrected chi connectivity index (χ3v) is 11.5. The molecule has 356 valence electrons. The zero-order valence-corrected chi connectivity index (χ0v) is 40.5. The molecule has 0 aromatic heterocycles. The summed E-state index contributed by atoms with van der Waals surface area (Å²) in [6, 6.07) is 9.06. The van der Waals surface area contributed by atoms with Gasteiger partial charge in [0.25, 0.3) is 5.91 Å².